The summed E-state index contributed by atoms with van der Waals surface area (Å²) in [7, 11) is 0. The van der Waals surface area contributed by atoms with Crippen molar-refractivity contribution in [2.75, 3.05) is 0 Å². The summed E-state index contributed by atoms with van der Waals surface area (Å²) >= 11 is 0. The van der Waals surface area contributed by atoms with Crippen molar-refractivity contribution < 1.29 is 14.1 Å². The van der Waals surface area contributed by atoms with E-state index < -0.39 is 5.91 Å². The Balaban J connectivity index is 1.69. The third-order valence-electron chi connectivity index (χ3n) is 3.34. The number of aromatic nitrogens is 2. The predicted octanol–water partition coefficient (Wildman–Crippen LogP) is 2.72. The van der Waals surface area contributed by atoms with Gasteiger partial charge in [0.25, 0.3) is 5.91 Å². The van der Waals surface area contributed by atoms with Crippen LogP contribution in [-0.4, -0.2) is 16.0 Å². The number of nitrogens with zero attached hydrogens (tertiary/aromatic N) is 2. The number of primary amides is 1. The number of hydrogen-bond donors (Lipinski definition) is 1. The Morgan fingerprint density at radius 2 is 2.04 bits per heavy atom. The fraction of sp³-hybridized carbons (Fsp3) is 0.118. The second kappa shape index (κ2) is 6.31. The van der Waals surface area contributed by atoms with Crippen molar-refractivity contribution >= 4 is 5.91 Å². The SMILES string of the molecule is Cc1cccnc1OCc1ccc(-c2cc(C(N)=O)on2)cc1. The summed E-state index contributed by atoms with van der Waals surface area (Å²) in [6, 6.07) is 12.9. The molecule has 2 N–H and O–H groups in total. The van der Waals surface area contributed by atoms with E-state index in [1.54, 1.807) is 6.20 Å². The summed E-state index contributed by atoms with van der Waals surface area (Å²) in [5, 5.41) is 3.83. The van der Waals surface area contributed by atoms with Gasteiger partial charge in [-0.25, -0.2) is 4.98 Å². The second-order valence-corrected chi connectivity index (χ2v) is 5.05. The molecule has 1 amide bonds. The van der Waals surface area contributed by atoms with Crippen LogP contribution < -0.4 is 10.5 Å². The fourth-order valence-electron chi connectivity index (χ4n) is 2.07. The molecule has 0 aliphatic carbocycles. The van der Waals surface area contributed by atoms with Crippen molar-refractivity contribution in [1.29, 1.82) is 0 Å². The first-order valence-corrected chi connectivity index (χ1v) is 7.04. The van der Waals surface area contributed by atoms with Crippen LogP contribution >= 0.6 is 0 Å². The second-order valence-electron chi connectivity index (χ2n) is 5.05. The van der Waals surface area contributed by atoms with Crippen molar-refractivity contribution in [2.45, 2.75) is 13.5 Å². The molecule has 0 bridgehead atoms. The maximum absolute atomic E-state index is 11.0. The summed E-state index contributed by atoms with van der Waals surface area (Å²) in [6.45, 7) is 2.37. The predicted molar refractivity (Wildman–Crippen MR) is 83.8 cm³/mol. The van der Waals surface area contributed by atoms with E-state index in [1.165, 1.54) is 6.07 Å². The Kier molecular flexibility index (Phi) is 4.05. The Morgan fingerprint density at radius 3 is 2.70 bits per heavy atom. The molecule has 0 fully saturated rings. The van der Waals surface area contributed by atoms with E-state index in [1.807, 2.05) is 43.3 Å². The minimum absolute atomic E-state index is 0.0398. The van der Waals surface area contributed by atoms with E-state index in [4.69, 9.17) is 15.0 Å². The number of rotatable bonds is 5. The quantitative estimate of drug-likeness (QED) is 0.782. The third kappa shape index (κ3) is 3.37. The number of pyridine rings is 1. The highest BCUT2D eigenvalue weighted by Gasteiger charge is 2.10. The lowest BCUT2D eigenvalue weighted by molar-refractivity contribution is 0.0965. The number of benzene rings is 1. The first kappa shape index (κ1) is 14.8. The molecule has 0 spiro atoms. The third-order valence-corrected chi connectivity index (χ3v) is 3.34. The molecule has 3 rings (SSSR count). The number of ether oxygens (including phenoxy) is 1. The number of nitrogens with two attached hydrogens (primary N) is 1. The van der Waals surface area contributed by atoms with Gasteiger partial charge in [-0.1, -0.05) is 35.5 Å². The van der Waals surface area contributed by atoms with Crippen LogP contribution in [0.25, 0.3) is 11.3 Å². The van der Waals surface area contributed by atoms with Gasteiger partial charge in [0.1, 0.15) is 12.3 Å². The summed E-state index contributed by atoms with van der Waals surface area (Å²) < 4.78 is 10.6. The lowest BCUT2D eigenvalue weighted by atomic mass is 10.1. The van der Waals surface area contributed by atoms with Gasteiger partial charge < -0.3 is 15.0 Å². The summed E-state index contributed by atoms with van der Waals surface area (Å²) in [5.74, 6) is 0.0247. The average molecular weight is 309 g/mol. The van der Waals surface area contributed by atoms with Crippen molar-refractivity contribution in [3.05, 3.63) is 65.5 Å². The highest BCUT2D eigenvalue weighted by atomic mass is 16.5. The molecule has 116 valence electrons. The average Bonchev–Trinajstić information content (AvgIpc) is 3.05. The minimum Gasteiger partial charge on any atom is -0.473 e. The molecule has 23 heavy (non-hydrogen) atoms. The Morgan fingerprint density at radius 1 is 1.26 bits per heavy atom. The summed E-state index contributed by atoms with van der Waals surface area (Å²) in [5.41, 5.74) is 8.52. The van der Waals surface area contributed by atoms with E-state index in [9.17, 15) is 4.79 Å². The fourth-order valence-corrected chi connectivity index (χ4v) is 2.07. The number of carbonyl (C=O) groups excluding carboxylic acids is 1. The Labute approximate surface area is 132 Å². The molecule has 6 heteroatoms. The molecule has 2 aromatic heterocycles. The van der Waals surface area contributed by atoms with Crippen molar-refractivity contribution in [3.8, 4) is 17.1 Å². The molecule has 0 aliphatic rings. The highest BCUT2D eigenvalue weighted by molar-refractivity contribution is 5.90. The molecule has 6 nitrogen and oxygen atoms in total. The molecule has 0 saturated carbocycles. The van der Waals surface area contributed by atoms with Gasteiger partial charge in [-0.05, 0) is 18.6 Å². The first-order valence-electron chi connectivity index (χ1n) is 7.04. The normalized spacial score (nSPS) is 10.5. The zero-order valence-electron chi connectivity index (χ0n) is 12.5. The van der Waals surface area contributed by atoms with Crippen LogP contribution in [0.15, 0.2) is 53.2 Å². The molecule has 0 unspecified atom stereocenters. The van der Waals surface area contributed by atoms with Crippen molar-refractivity contribution in [2.24, 2.45) is 5.73 Å². The summed E-state index contributed by atoms with van der Waals surface area (Å²) in [4.78, 5) is 15.2. The summed E-state index contributed by atoms with van der Waals surface area (Å²) in [6.07, 6.45) is 1.70. The number of hydrogen-bond acceptors (Lipinski definition) is 5. The molecule has 3 aromatic rings. The van der Waals surface area contributed by atoms with Crippen LogP contribution in [0.4, 0.5) is 0 Å². The van der Waals surface area contributed by atoms with Gasteiger partial charge >= 0.3 is 0 Å². The zero-order chi connectivity index (χ0) is 16.2. The minimum atomic E-state index is -0.639. The molecule has 0 saturated heterocycles. The van der Waals surface area contributed by atoms with E-state index in [2.05, 4.69) is 10.1 Å². The molecule has 0 aliphatic heterocycles. The lowest BCUT2D eigenvalue weighted by Crippen LogP contribution is -2.09. The van der Waals surface area contributed by atoms with Crippen LogP contribution in [0.1, 0.15) is 21.7 Å². The maximum atomic E-state index is 11.0. The van der Waals surface area contributed by atoms with Crippen molar-refractivity contribution in [1.82, 2.24) is 10.1 Å². The molecular formula is C17H15N3O3. The van der Waals surface area contributed by atoms with Crippen LogP contribution in [0.3, 0.4) is 0 Å². The number of aryl methyl sites for hydroxylation is 1. The van der Waals surface area contributed by atoms with Crippen molar-refractivity contribution in [3.63, 3.8) is 0 Å². The van der Waals surface area contributed by atoms with Gasteiger partial charge in [0.15, 0.2) is 0 Å². The Hall–Kier alpha value is -3.15. The molecular weight excluding hydrogens is 294 g/mol. The molecule has 0 radical (unpaired) electrons. The van der Waals surface area contributed by atoms with E-state index in [-0.39, 0.29) is 5.76 Å². The molecule has 2 heterocycles. The van der Waals surface area contributed by atoms with Crippen LogP contribution in [0, 0.1) is 6.92 Å². The molecule has 0 atom stereocenters. The van der Waals surface area contributed by atoms with E-state index >= 15 is 0 Å². The first-order chi connectivity index (χ1) is 11.1. The monoisotopic (exact) mass is 309 g/mol. The van der Waals surface area contributed by atoms with Gasteiger partial charge in [0, 0.05) is 23.4 Å². The van der Waals surface area contributed by atoms with Crippen LogP contribution in [-0.2, 0) is 6.61 Å². The van der Waals surface area contributed by atoms with Crippen LogP contribution in [0.2, 0.25) is 0 Å². The highest BCUT2D eigenvalue weighted by Crippen LogP contribution is 2.20. The van der Waals surface area contributed by atoms with E-state index in [0.29, 0.717) is 18.2 Å². The van der Waals surface area contributed by atoms with Gasteiger partial charge in [0.05, 0.1) is 0 Å². The number of carbonyl (C=O) groups is 1. The van der Waals surface area contributed by atoms with Gasteiger partial charge in [0.2, 0.25) is 11.6 Å². The van der Waals surface area contributed by atoms with Gasteiger partial charge in [-0.2, -0.15) is 0 Å². The smallest absolute Gasteiger partial charge is 0.287 e. The zero-order valence-corrected chi connectivity index (χ0v) is 12.5. The van der Waals surface area contributed by atoms with E-state index in [0.717, 1.165) is 16.7 Å². The number of amides is 1. The van der Waals surface area contributed by atoms with Gasteiger partial charge in [-0.3, -0.25) is 4.79 Å². The largest absolute Gasteiger partial charge is 0.473 e. The topological polar surface area (TPSA) is 91.2 Å². The van der Waals surface area contributed by atoms with Gasteiger partial charge in [-0.15, -0.1) is 0 Å². The molecule has 1 aromatic carbocycles. The maximum Gasteiger partial charge on any atom is 0.287 e. The van der Waals surface area contributed by atoms with Crippen LogP contribution in [0.5, 0.6) is 5.88 Å². The standard InChI is InChI=1S/C17H15N3O3/c1-11-3-2-8-19-17(11)22-10-12-4-6-13(7-5-12)14-9-15(16(18)21)23-20-14/h2-9H,10H2,1H3,(H2,18,21). The Bertz CT molecular complexity index is 825. The lowest BCUT2D eigenvalue weighted by Gasteiger charge is -2.07.